The minimum Gasteiger partial charge on any atom is -0.342 e. The van der Waals surface area contributed by atoms with Crippen molar-refractivity contribution in [2.75, 3.05) is 11.9 Å². The second-order valence-corrected chi connectivity index (χ2v) is 5.31. The van der Waals surface area contributed by atoms with Crippen LogP contribution >= 0.6 is 12.4 Å². The molecule has 0 amide bonds. The quantitative estimate of drug-likeness (QED) is 0.670. The van der Waals surface area contributed by atoms with Crippen LogP contribution in [0.4, 0.5) is 11.5 Å². The molecule has 0 spiro atoms. The van der Waals surface area contributed by atoms with Crippen LogP contribution in [-0.2, 0) is 13.0 Å². The number of nitrogens with one attached hydrogen (secondary N) is 3. The number of rotatable bonds is 2. The van der Waals surface area contributed by atoms with Gasteiger partial charge in [-0.2, -0.15) is 0 Å². The van der Waals surface area contributed by atoms with E-state index in [0.29, 0.717) is 0 Å². The normalized spacial score (nSPS) is 13.5. The van der Waals surface area contributed by atoms with Gasteiger partial charge in [-0.3, -0.25) is 0 Å². The molecule has 3 aromatic rings. The zero-order valence-electron chi connectivity index (χ0n) is 11.6. The highest BCUT2D eigenvalue weighted by Gasteiger charge is 2.09. The van der Waals surface area contributed by atoms with E-state index in [4.69, 9.17) is 0 Å². The van der Waals surface area contributed by atoms with E-state index in [-0.39, 0.29) is 12.4 Å². The summed E-state index contributed by atoms with van der Waals surface area (Å²) in [5.74, 6) is 1.04. The molecule has 0 radical (unpaired) electrons. The number of anilines is 2. The van der Waals surface area contributed by atoms with Crippen molar-refractivity contribution in [3.63, 3.8) is 0 Å². The lowest BCUT2D eigenvalue weighted by Gasteiger charge is -2.18. The minimum atomic E-state index is 0. The summed E-state index contributed by atoms with van der Waals surface area (Å²) < 4.78 is 0. The van der Waals surface area contributed by atoms with E-state index in [2.05, 4.69) is 64.1 Å². The van der Waals surface area contributed by atoms with Crippen molar-refractivity contribution < 1.29 is 0 Å². The van der Waals surface area contributed by atoms with Crippen molar-refractivity contribution >= 4 is 34.8 Å². The first-order chi connectivity index (χ1) is 9.88. The van der Waals surface area contributed by atoms with Gasteiger partial charge in [-0.15, -0.1) is 12.4 Å². The third-order valence-electron chi connectivity index (χ3n) is 3.90. The number of benzene rings is 2. The topological polar surface area (TPSA) is 39.9 Å². The third-order valence-corrected chi connectivity index (χ3v) is 3.90. The lowest BCUT2D eigenvalue weighted by molar-refractivity contribution is 0.644. The fourth-order valence-electron chi connectivity index (χ4n) is 2.85. The Morgan fingerprint density at radius 1 is 0.952 bits per heavy atom. The van der Waals surface area contributed by atoms with Gasteiger partial charge in [-0.25, -0.2) is 0 Å². The Balaban J connectivity index is 0.00000132. The van der Waals surface area contributed by atoms with E-state index in [9.17, 15) is 0 Å². The number of aromatic nitrogens is 1. The van der Waals surface area contributed by atoms with Crippen LogP contribution in [-0.4, -0.2) is 11.5 Å². The molecule has 0 saturated carbocycles. The van der Waals surface area contributed by atoms with E-state index in [1.54, 1.807) is 0 Å². The molecule has 3 N–H and O–H groups in total. The van der Waals surface area contributed by atoms with E-state index in [1.807, 2.05) is 0 Å². The standard InChI is InChI=1S/C17H17N3.ClH/c1-2-4-16-13(3-1)10-17(20-16)19-15-6-5-14-11-18-8-7-12(14)9-15;/h1-6,9-10,18-20H,7-8,11H2;1H. The molecule has 1 aromatic heterocycles. The van der Waals surface area contributed by atoms with Crippen LogP contribution in [0.1, 0.15) is 11.1 Å². The molecule has 0 aliphatic carbocycles. The number of hydrogen-bond donors (Lipinski definition) is 3. The largest absolute Gasteiger partial charge is 0.342 e. The second-order valence-electron chi connectivity index (χ2n) is 5.31. The zero-order chi connectivity index (χ0) is 13.4. The lowest BCUT2D eigenvalue weighted by atomic mass is 10.0. The van der Waals surface area contributed by atoms with Crippen LogP contribution in [0.5, 0.6) is 0 Å². The number of aromatic amines is 1. The van der Waals surface area contributed by atoms with Crippen molar-refractivity contribution in [2.24, 2.45) is 0 Å². The van der Waals surface area contributed by atoms with Gasteiger partial charge < -0.3 is 15.6 Å². The van der Waals surface area contributed by atoms with Gasteiger partial charge in [0.15, 0.2) is 0 Å². The number of fused-ring (bicyclic) bond motifs is 2. The van der Waals surface area contributed by atoms with Gasteiger partial charge in [0.1, 0.15) is 5.82 Å². The third kappa shape index (κ3) is 2.75. The van der Waals surface area contributed by atoms with E-state index in [0.717, 1.165) is 36.5 Å². The number of H-pyrrole nitrogens is 1. The van der Waals surface area contributed by atoms with Gasteiger partial charge in [0.25, 0.3) is 0 Å². The number of para-hydroxylation sites is 1. The smallest absolute Gasteiger partial charge is 0.108 e. The molecule has 1 aliphatic heterocycles. The molecule has 1 aliphatic rings. The number of hydrogen-bond acceptors (Lipinski definition) is 2. The SMILES string of the molecule is Cl.c1ccc2[nH]c(Nc3ccc4c(c3)CCNC4)cc2c1. The molecule has 0 unspecified atom stereocenters. The van der Waals surface area contributed by atoms with Gasteiger partial charge in [-0.05, 0) is 48.4 Å². The van der Waals surface area contributed by atoms with Gasteiger partial charge >= 0.3 is 0 Å². The predicted molar refractivity (Wildman–Crippen MR) is 90.7 cm³/mol. The van der Waals surface area contributed by atoms with Crippen molar-refractivity contribution in [1.29, 1.82) is 0 Å². The highest BCUT2D eigenvalue weighted by molar-refractivity contribution is 5.85. The molecule has 0 fully saturated rings. The van der Waals surface area contributed by atoms with Crippen molar-refractivity contribution in [2.45, 2.75) is 13.0 Å². The molecule has 108 valence electrons. The average molecular weight is 300 g/mol. The van der Waals surface area contributed by atoms with Gasteiger partial charge in [0, 0.05) is 23.1 Å². The van der Waals surface area contributed by atoms with Crippen LogP contribution in [0.3, 0.4) is 0 Å². The molecule has 4 heteroatoms. The molecular formula is C17H18ClN3. The molecule has 2 heterocycles. The first-order valence-electron chi connectivity index (χ1n) is 7.06. The predicted octanol–water partition coefficient (Wildman–Crippen LogP) is 3.98. The molecule has 4 rings (SSSR count). The van der Waals surface area contributed by atoms with E-state index in [1.165, 1.54) is 16.5 Å². The Morgan fingerprint density at radius 2 is 1.86 bits per heavy atom. The van der Waals surface area contributed by atoms with Crippen LogP contribution < -0.4 is 10.6 Å². The van der Waals surface area contributed by atoms with Crippen LogP contribution in [0.15, 0.2) is 48.5 Å². The first kappa shape index (κ1) is 14.0. The molecule has 2 aromatic carbocycles. The fraction of sp³-hybridized carbons (Fsp3) is 0.176. The average Bonchev–Trinajstić information content (AvgIpc) is 2.89. The molecule has 0 atom stereocenters. The Hall–Kier alpha value is -1.97. The maximum atomic E-state index is 3.47. The summed E-state index contributed by atoms with van der Waals surface area (Å²) in [6.45, 7) is 2.06. The maximum absolute atomic E-state index is 3.47. The second kappa shape index (κ2) is 5.80. The summed E-state index contributed by atoms with van der Waals surface area (Å²) in [4.78, 5) is 3.40. The molecule has 3 nitrogen and oxygen atoms in total. The molecule has 21 heavy (non-hydrogen) atoms. The van der Waals surface area contributed by atoms with Crippen LogP contribution in [0.2, 0.25) is 0 Å². The maximum Gasteiger partial charge on any atom is 0.108 e. The Morgan fingerprint density at radius 3 is 2.76 bits per heavy atom. The zero-order valence-corrected chi connectivity index (χ0v) is 12.5. The number of halogens is 1. The Kier molecular flexibility index (Phi) is 3.86. The monoisotopic (exact) mass is 299 g/mol. The molecular weight excluding hydrogens is 282 g/mol. The summed E-state index contributed by atoms with van der Waals surface area (Å²) in [5, 5.41) is 8.10. The lowest BCUT2D eigenvalue weighted by Crippen LogP contribution is -2.23. The summed E-state index contributed by atoms with van der Waals surface area (Å²) in [5.41, 5.74) is 5.18. The van der Waals surface area contributed by atoms with Crippen LogP contribution in [0.25, 0.3) is 10.9 Å². The molecule has 0 saturated heterocycles. The fourth-order valence-corrected chi connectivity index (χ4v) is 2.85. The minimum absolute atomic E-state index is 0. The molecule has 0 bridgehead atoms. The Labute approximate surface area is 130 Å². The highest BCUT2D eigenvalue weighted by atomic mass is 35.5. The highest BCUT2D eigenvalue weighted by Crippen LogP contribution is 2.24. The summed E-state index contributed by atoms with van der Waals surface area (Å²) in [6, 6.07) is 17.1. The summed E-state index contributed by atoms with van der Waals surface area (Å²) in [6.07, 6.45) is 1.11. The van der Waals surface area contributed by atoms with E-state index >= 15 is 0 Å². The Bertz CT molecular complexity index is 731. The van der Waals surface area contributed by atoms with Crippen molar-refractivity contribution in [1.82, 2.24) is 10.3 Å². The van der Waals surface area contributed by atoms with Crippen molar-refractivity contribution in [3.05, 3.63) is 59.7 Å². The summed E-state index contributed by atoms with van der Waals surface area (Å²) >= 11 is 0. The van der Waals surface area contributed by atoms with Crippen molar-refractivity contribution in [3.8, 4) is 0 Å². The first-order valence-corrected chi connectivity index (χ1v) is 7.06. The van der Waals surface area contributed by atoms with Gasteiger partial charge in [0.2, 0.25) is 0 Å². The van der Waals surface area contributed by atoms with Crippen LogP contribution in [0, 0.1) is 0 Å². The van der Waals surface area contributed by atoms with E-state index < -0.39 is 0 Å². The van der Waals surface area contributed by atoms with Gasteiger partial charge in [-0.1, -0.05) is 24.3 Å². The van der Waals surface area contributed by atoms with Gasteiger partial charge in [0.05, 0.1) is 0 Å². The summed E-state index contributed by atoms with van der Waals surface area (Å²) in [7, 11) is 0.